The maximum atomic E-state index is 5.76. The summed E-state index contributed by atoms with van der Waals surface area (Å²) in [5.41, 5.74) is 5.79. The van der Waals surface area contributed by atoms with Crippen LogP contribution < -0.4 is 16.4 Å². The normalized spacial score (nSPS) is 16.7. The third kappa shape index (κ3) is 2.34. The van der Waals surface area contributed by atoms with Crippen LogP contribution in [0, 0.1) is 0 Å². The van der Waals surface area contributed by atoms with Gasteiger partial charge in [-0.05, 0) is 12.8 Å². The largest absolute Gasteiger partial charge is 0.355 e. The minimum Gasteiger partial charge on any atom is -0.355 e. The van der Waals surface area contributed by atoms with Crippen LogP contribution in [0.1, 0.15) is 26.7 Å². The van der Waals surface area contributed by atoms with Crippen LogP contribution in [-0.4, -0.2) is 31.1 Å². The van der Waals surface area contributed by atoms with Gasteiger partial charge in [0.25, 0.3) is 0 Å². The molecule has 0 aromatic heterocycles. The first-order valence-corrected chi connectivity index (χ1v) is 5.03. The molecule has 0 aromatic carbocycles. The Kier molecular flexibility index (Phi) is 3.54. The molecule has 0 spiro atoms. The van der Waals surface area contributed by atoms with Crippen LogP contribution in [0.5, 0.6) is 0 Å². The predicted molar refractivity (Wildman–Crippen MR) is 55.8 cm³/mol. The van der Waals surface area contributed by atoms with Crippen molar-refractivity contribution in [3.63, 3.8) is 0 Å². The van der Waals surface area contributed by atoms with Crippen LogP contribution in [-0.2, 0) is 0 Å². The van der Waals surface area contributed by atoms with Gasteiger partial charge in [-0.15, -0.1) is 0 Å². The van der Waals surface area contributed by atoms with E-state index in [4.69, 9.17) is 5.73 Å². The standard InChI is InChI=1S/C9H20N4/c1-3-9(4-2,7-10)13-8-11-5-6-12-8/h3-7,10H2,1-2H3,(H2,11,12,13). The van der Waals surface area contributed by atoms with E-state index in [9.17, 15) is 0 Å². The van der Waals surface area contributed by atoms with Gasteiger partial charge in [-0.3, -0.25) is 4.99 Å². The lowest BCUT2D eigenvalue weighted by atomic mass is 9.93. The molecule has 1 rings (SSSR count). The maximum absolute atomic E-state index is 5.76. The molecule has 4 heteroatoms. The van der Waals surface area contributed by atoms with Crippen molar-refractivity contribution < 1.29 is 0 Å². The van der Waals surface area contributed by atoms with Crippen LogP contribution in [0.4, 0.5) is 0 Å². The van der Waals surface area contributed by atoms with Crippen LogP contribution >= 0.6 is 0 Å². The zero-order chi connectivity index (χ0) is 9.73. The van der Waals surface area contributed by atoms with Crippen LogP contribution in [0.15, 0.2) is 4.99 Å². The van der Waals surface area contributed by atoms with Gasteiger partial charge in [0.05, 0.1) is 12.1 Å². The summed E-state index contributed by atoms with van der Waals surface area (Å²) in [4.78, 5) is 4.30. The van der Waals surface area contributed by atoms with Crippen molar-refractivity contribution in [3.05, 3.63) is 0 Å². The van der Waals surface area contributed by atoms with Crippen LogP contribution in [0.25, 0.3) is 0 Å². The van der Waals surface area contributed by atoms with Crippen molar-refractivity contribution in [3.8, 4) is 0 Å². The van der Waals surface area contributed by atoms with Gasteiger partial charge in [0.15, 0.2) is 5.96 Å². The van der Waals surface area contributed by atoms with Crippen molar-refractivity contribution >= 4 is 5.96 Å². The number of aliphatic imine (C=N–C) groups is 1. The smallest absolute Gasteiger partial charge is 0.191 e. The molecule has 0 bridgehead atoms. The fourth-order valence-corrected chi connectivity index (χ4v) is 1.50. The van der Waals surface area contributed by atoms with Gasteiger partial charge in [0.2, 0.25) is 0 Å². The minimum absolute atomic E-state index is 0.0240. The topological polar surface area (TPSA) is 62.4 Å². The maximum Gasteiger partial charge on any atom is 0.191 e. The molecule has 0 aromatic rings. The quantitative estimate of drug-likeness (QED) is 0.578. The molecule has 13 heavy (non-hydrogen) atoms. The van der Waals surface area contributed by atoms with E-state index in [0.29, 0.717) is 6.54 Å². The lowest BCUT2D eigenvalue weighted by Crippen LogP contribution is -2.55. The van der Waals surface area contributed by atoms with Crippen LogP contribution in [0.2, 0.25) is 0 Å². The third-order valence-electron chi connectivity index (χ3n) is 2.80. The van der Waals surface area contributed by atoms with Crippen molar-refractivity contribution in [2.45, 2.75) is 32.2 Å². The summed E-state index contributed by atoms with van der Waals surface area (Å²) < 4.78 is 0. The highest BCUT2D eigenvalue weighted by atomic mass is 15.2. The SMILES string of the molecule is CCC(CC)(CN)NC1=NCCN1. The molecule has 0 fully saturated rings. The molecule has 0 aliphatic carbocycles. The number of hydrogen-bond donors (Lipinski definition) is 3. The van der Waals surface area contributed by atoms with E-state index in [0.717, 1.165) is 31.9 Å². The van der Waals surface area contributed by atoms with E-state index in [1.807, 2.05) is 0 Å². The first-order valence-electron chi connectivity index (χ1n) is 5.03. The fourth-order valence-electron chi connectivity index (χ4n) is 1.50. The summed E-state index contributed by atoms with van der Waals surface area (Å²) in [5.74, 6) is 0.911. The first-order chi connectivity index (χ1) is 6.26. The molecule has 0 atom stereocenters. The Bertz CT molecular complexity index is 176. The van der Waals surface area contributed by atoms with E-state index >= 15 is 0 Å². The second-order valence-electron chi connectivity index (χ2n) is 3.47. The van der Waals surface area contributed by atoms with Gasteiger partial charge in [-0.25, -0.2) is 0 Å². The summed E-state index contributed by atoms with van der Waals surface area (Å²) >= 11 is 0. The second kappa shape index (κ2) is 4.46. The Morgan fingerprint density at radius 2 is 2.23 bits per heavy atom. The fraction of sp³-hybridized carbons (Fsp3) is 0.889. The molecule has 4 nitrogen and oxygen atoms in total. The summed E-state index contributed by atoms with van der Waals surface area (Å²) in [5, 5.41) is 6.59. The molecule has 0 saturated carbocycles. The highest BCUT2D eigenvalue weighted by Crippen LogP contribution is 2.12. The molecule has 0 amide bonds. The molecule has 0 unspecified atom stereocenters. The van der Waals surface area contributed by atoms with Crippen molar-refractivity contribution in [1.82, 2.24) is 10.6 Å². The Hall–Kier alpha value is -0.770. The Morgan fingerprint density at radius 1 is 1.54 bits per heavy atom. The number of nitrogens with one attached hydrogen (secondary N) is 2. The molecule has 1 aliphatic rings. The van der Waals surface area contributed by atoms with Crippen LogP contribution in [0.3, 0.4) is 0 Å². The first kappa shape index (κ1) is 10.3. The zero-order valence-corrected chi connectivity index (χ0v) is 8.56. The molecule has 0 saturated heterocycles. The van der Waals surface area contributed by atoms with Gasteiger partial charge < -0.3 is 16.4 Å². The van der Waals surface area contributed by atoms with E-state index in [1.54, 1.807) is 0 Å². The molecule has 1 aliphatic heterocycles. The summed E-state index contributed by atoms with van der Waals surface area (Å²) in [6.45, 7) is 6.77. The van der Waals surface area contributed by atoms with Crippen molar-refractivity contribution in [2.24, 2.45) is 10.7 Å². The van der Waals surface area contributed by atoms with Gasteiger partial charge in [0.1, 0.15) is 0 Å². The summed E-state index contributed by atoms with van der Waals surface area (Å²) in [7, 11) is 0. The lowest BCUT2D eigenvalue weighted by Gasteiger charge is -2.32. The third-order valence-corrected chi connectivity index (χ3v) is 2.80. The van der Waals surface area contributed by atoms with E-state index < -0.39 is 0 Å². The lowest BCUT2D eigenvalue weighted by molar-refractivity contribution is 0.359. The second-order valence-corrected chi connectivity index (χ2v) is 3.47. The number of guanidine groups is 1. The summed E-state index contributed by atoms with van der Waals surface area (Å²) in [6.07, 6.45) is 2.06. The molecular formula is C9H20N4. The molecule has 4 N–H and O–H groups in total. The van der Waals surface area contributed by atoms with E-state index in [2.05, 4.69) is 29.5 Å². The van der Waals surface area contributed by atoms with Crippen molar-refractivity contribution in [1.29, 1.82) is 0 Å². The van der Waals surface area contributed by atoms with Gasteiger partial charge in [0, 0.05) is 13.1 Å². The average Bonchev–Trinajstić information content (AvgIpc) is 2.67. The van der Waals surface area contributed by atoms with Gasteiger partial charge >= 0.3 is 0 Å². The highest BCUT2D eigenvalue weighted by Gasteiger charge is 2.25. The van der Waals surface area contributed by atoms with E-state index in [1.165, 1.54) is 0 Å². The molecule has 0 radical (unpaired) electrons. The average molecular weight is 184 g/mol. The zero-order valence-electron chi connectivity index (χ0n) is 8.56. The molecule has 1 heterocycles. The molecule has 76 valence electrons. The van der Waals surface area contributed by atoms with Gasteiger partial charge in [-0.1, -0.05) is 13.8 Å². The predicted octanol–water partition coefficient (Wildman–Crippen LogP) is 0.0527. The Balaban J connectivity index is 2.55. The molecular weight excluding hydrogens is 164 g/mol. The van der Waals surface area contributed by atoms with Gasteiger partial charge in [-0.2, -0.15) is 0 Å². The number of hydrogen-bond acceptors (Lipinski definition) is 4. The van der Waals surface area contributed by atoms with E-state index in [-0.39, 0.29) is 5.54 Å². The number of nitrogens with zero attached hydrogens (tertiary/aromatic N) is 1. The Labute approximate surface area is 80.0 Å². The highest BCUT2D eigenvalue weighted by molar-refractivity contribution is 5.82. The van der Waals surface area contributed by atoms with Crippen molar-refractivity contribution in [2.75, 3.05) is 19.6 Å². The number of nitrogens with two attached hydrogens (primary N) is 1. The minimum atomic E-state index is 0.0240. The Morgan fingerprint density at radius 3 is 2.62 bits per heavy atom. The number of rotatable bonds is 4. The monoisotopic (exact) mass is 184 g/mol. The summed E-state index contributed by atoms with van der Waals surface area (Å²) in [6, 6.07) is 0.